The molecule has 0 amide bonds. The maximum atomic E-state index is 12.6. The van der Waals surface area contributed by atoms with Crippen molar-refractivity contribution in [1.82, 2.24) is 0 Å². The van der Waals surface area contributed by atoms with Crippen LogP contribution < -0.4 is 0 Å². The van der Waals surface area contributed by atoms with Gasteiger partial charge in [0.2, 0.25) is 0 Å². The van der Waals surface area contributed by atoms with Crippen LogP contribution in [0.1, 0.15) is 56.6 Å². The molecule has 0 aromatic heterocycles. The van der Waals surface area contributed by atoms with Gasteiger partial charge in [-0.1, -0.05) is 80.6 Å². The lowest BCUT2D eigenvalue weighted by molar-refractivity contribution is 0.184. The second-order valence-electron chi connectivity index (χ2n) is 6.86. The minimum atomic E-state index is -3.72. The standard InChI is InChI=1S/C22H30O3S/c1-3-4-5-9-12-21(16-15-20-10-7-6-8-11-20)25-26(23,24)22-17-13-19(2)14-18-22/h6-8,10-11,13-14,17-18,21H,3-5,9,12,15-16H2,1-2H3. The van der Waals surface area contributed by atoms with Crippen LogP contribution in [0.4, 0.5) is 0 Å². The van der Waals surface area contributed by atoms with Gasteiger partial charge in [0.25, 0.3) is 10.1 Å². The van der Waals surface area contributed by atoms with Crippen molar-refractivity contribution in [3.63, 3.8) is 0 Å². The topological polar surface area (TPSA) is 43.4 Å². The normalized spacial score (nSPS) is 12.8. The molecule has 0 fully saturated rings. The van der Waals surface area contributed by atoms with Crippen LogP contribution in [0.3, 0.4) is 0 Å². The average Bonchev–Trinajstić information content (AvgIpc) is 2.64. The summed E-state index contributed by atoms with van der Waals surface area (Å²) < 4.78 is 30.9. The zero-order valence-electron chi connectivity index (χ0n) is 15.9. The summed E-state index contributed by atoms with van der Waals surface area (Å²) >= 11 is 0. The molecular formula is C22H30O3S. The van der Waals surface area contributed by atoms with E-state index in [1.807, 2.05) is 25.1 Å². The van der Waals surface area contributed by atoms with Crippen molar-refractivity contribution < 1.29 is 12.6 Å². The summed E-state index contributed by atoms with van der Waals surface area (Å²) in [6.45, 7) is 4.11. The molecule has 0 spiro atoms. The van der Waals surface area contributed by atoms with Gasteiger partial charge in [-0.2, -0.15) is 8.42 Å². The predicted molar refractivity (Wildman–Crippen MR) is 107 cm³/mol. The maximum Gasteiger partial charge on any atom is 0.297 e. The second-order valence-corrected chi connectivity index (χ2v) is 8.43. The quantitative estimate of drug-likeness (QED) is 0.376. The molecule has 0 aliphatic carbocycles. The Morgan fingerprint density at radius 1 is 0.885 bits per heavy atom. The van der Waals surface area contributed by atoms with E-state index >= 15 is 0 Å². The lowest BCUT2D eigenvalue weighted by atomic mass is 10.0. The van der Waals surface area contributed by atoms with Gasteiger partial charge in [-0.25, -0.2) is 0 Å². The lowest BCUT2D eigenvalue weighted by Gasteiger charge is -2.18. The van der Waals surface area contributed by atoms with Gasteiger partial charge in [0.15, 0.2) is 0 Å². The SMILES string of the molecule is CCCCCCC(CCc1ccccc1)OS(=O)(=O)c1ccc(C)cc1. The van der Waals surface area contributed by atoms with E-state index in [1.54, 1.807) is 24.3 Å². The Morgan fingerprint density at radius 3 is 2.23 bits per heavy atom. The Balaban J connectivity index is 2.02. The molecule has 0 aliphatic rings. The molecule has 0 aliphatic heterocycles. The number of unbranched alkanes of at least 4 members (excludes halogenated alkanes) is 3. The Morgan fingerprint density at radius 2 is 1.58 bits per heavy atom. The number of hydrogen-bond acceptors (Lipinski definition) is 3. The molecule has 26 heavy (non-hydrogen) atoms. The van der Waals surface area contributed by atoms with Crippen LogP contribution in [0.15, 0.2) is 59.5 Å². The molecular weight excluding hydrogens is 344 g/mol. The second kappa shape index (κ2) is 10.5. The number of rotatable bonds is 11. The van der Waals surface area contributed by atoms with Crippen molar-refractivity contribution in [2.75, 3.05) is 0 Å². The molecule has 0 radical (unpaired) electrons. The van der Waals surface area contributed by atoms with Crippen LogP contribution in [0.5, 0.6) is 0 Å². The smallest absolute Gasteiger partial charge is 0.263 e. The van der Waals surface area contributed by atoms with Gasteiger partial charge in [-0.15, -0.1) is 0 Å². The van der Waals surface area contributed by atoms with Gasteiger partial charge in [0.1, 0.15) is 0 Å². The van der Waals surface area contributed by atoms with E-state index in [0.717, 1.165) is 37.7 Å². The molecule has 0 bridgehead atoms. The fourth-order valence-corrected chi connectivity index (χ4v) is 4.08. The van der Waals surface area contributed by atoms with Gasteiger partial charge in [0.05, 0.1) is 11.0 Å². The van der Waals surface area contributed by atoms with Crippen molar-refractivity contribution in [2.45, 2.75) is 69.8 Å². The van der Waals surface area contributed by atoms with Crippen molar-refractivity contribution >= 4 is 10.1 Å². The highest BCUT2D eigenvalue weighted by Gasteiger charge is 2.21. The highest BCUT2D eigenvalue weighted by atomic mass is 32.2. The number of aryl methyl sites for hydroxylation is 2. The third-order valence-electron chi connectivity index (χ3n) is 4.55. The summed E-state index contributed by atoms with van der Waals surface area (Å²) in [5.74, 6) is 0. The van der Waals surface area contributed by atoms with E-state index in [4.69, 9.17) is 4.18 Å². The zero-order valence-corrected chi connectivity index (χ0v) is 16.7. The zero-order chi connectivity index (χ0) is 18.8. The molecule has 1 unspecified atom stereocenters. The Bertz CT molecular complexity index is 737. The van der Waals surface area contributed by atoms with Crippen LogP contribution in [0, 0.1) is 6.92 Å². The van der Waals surface area contributed by atoms with Gasteiger partial charge in [0, 0.05) is 0 Å². The molecule has 4 heteroatoms. The Kier molecular flexibility index (Phi) is 8.33. The van der Waals surface area contributed by atoms with E-state index in [0.29, 0.717) is 6.42 Å². The van der Waals surface area contributed by atoms with E-state index < -0.39 is 10.1 Å². The lowest BCUT2D eigenvalue weighted by Crippen LogP contribution is -2.20. The monoisotopic (exact) mass is 374 g/mol. The van der Waals surface area contributed by atoms with Crippen LogP contribution >= 0.6 is 0 Å². The molecule has 3 nitrogen and oxygen atoms in total. The maximum absolute atomic E-state index is 12.6. The van der Waals surface area contributed by atoms with Gasteiger partial charge >= 0.3 is 0 Å². The van der Waals surface area contributed by atoms with Crippen molar-refractivity contribution in [1.29, 1.82) is 0 Å². The molecule has 142 valence electrons. The molecule has 2 rings (SSSR count). The summed E-state index contributed by atoms with van der Waals surface area (Å²) in [6.07, 6.45) is 6.48. The van der Waals surface area contributed by atoms with Crippen molar-refractivity contribution in [3.05, 3.63) is 65.7 Å². The molecule has 0 saturated carbocycles. The molecule has 1 atom stereocenters. The van der Waals surface area contributed by atoms with Crippen LogP contribution in [0.2, 0.25) is 0 Å². The minimum absolute atomic E-state index is 0.237. The Labute approximate surface area is 158 Å². The van der Waals surface area contributed by atoms with Gasteiger partial charge < -0.3 is 0 Å². The van der Waals surface area contributed by atoms with Crippen LogP contribution in [-0.2, 0) is 20.7 Å². The fraction of sp³-hybridized carbons (Fsp3) is 0.455. The summed E-state index contributed by atoms with van der Waals surface area (Å²) in [5.41, 5.74) is 2.24. The summed E-state index contributed by atoms with van der Waals surface area (Å²) in [4.78, 5) is 0.237. The summed E-state index contributed by atoms with van der Waals surface area (Å²) in [5, 5.41) is 0. The third-order valence-corrected chi connectivity index (χ3v) is 5.92. The molecule has 0 saturated heterocycles. The first-order chi connectivity index (χ1) is 12.5. The Hall–Kier alpha value is -1.65. The minimum Gasteiger partial charge on any atom is -0.263 e. The first kappa shape index (κ1) is 20.7. The van der Waals surface area contributed by atoms with E-state index in [1.165, 1.54) is 12.0 Å². The molecule has 2 aromatic rings. The molecule has 0 heterocycles. The van der Waals surface area contributed by atoms with Gasteiger partial charge in [-0.3, -0.25) is 4.18 Å². The predicted octanol–water partition coefficient (Wildman–Crippen LogP) is 5.67. The van der Waals surface area contributed by atoms with Crippen molar-refractivity contribution in [3.8, 4) is 0 Å². The third kappa shape index (κ3) is 6.93. The van der Waals surface area contributed by atoms with E-state index in [2.05, 4.69) is 19.1 Å². The first-order valence-corrected chi connectivity index (χ1v) is 11.0. The van der Waals surface area contributed by atoms with Crippen LogP contribution in [0.25, 0.3) is 0 Å². The molecule has 2 aromatic carbocycles. The largest absolute Gasteiger partial charge is 0.297 e. The van der Waals surface area contributed by atoms with E-state index in [9.17, 15) is 8.42 Å². The highest BCUT2D eigenvalue weighted by molar-refractivity contribution is 7.86. The average molecular weight is 375 g/mol. The van der Waals surface area contributed by atoms with Crippen LogP contribution in [-0.4, -0.2) is 14.5 Å². The summed E-state index contributed by atoms with van der Waals surface area (Å²) in [7, 11) is -3.72. The summed E-state index contributed by atoms with van der Waals surface area (Å²) in [6, 6.07) is 17.0. The van der Waals surface area contributed by atoms with E-state index in [-0.39, 0.29) is 11.0 Å². The van der Waals surface area contributed by atoms with Gasteiger partial charge in [-0.05, 0) is 43.9 Å². The number of benzene rings is 2. The first-order valence-electron chi connectivity index (χ1n) is 9.55. The molecule has 0 N–H and O–H groups in total. The number of hydrogen-bond donors (Lipinski definition) is 0. The highest BCUT2D eigenvalue weighted by Crippen LogP contribution is 2.21. The fourth-order valence-electron chi connectivity index (χ4n) is 2.95. The van der Waals surface area contributed by atoms with Crippen molar-refractivity contribution in [2.24, 2.45) is 0 Å².